The summed E-state index contributed by atoms with van der Waals surface area (Å²) in [4.78, 5) is 11.3. The number of aromatic nitrogens is 2. The second-order valence-corrected chi connectivity index (χ2v) is 5.63. The minimum atomic E-state index is 0.788. The molecule has 0 aliphatic carbocycles. The van der Waals surface area contributed by atoms with E-state index >= 15 is 0 Å². The Morgan fingerprint density at radius 3 is 2.57 bits per heavy atom. The zero-order valence-corrected chi connectivity index (χ0v) is 12.5. The van der Waals surface area contributed by atoms with Crippen LogP contribution in [-0.4, -0.2) is 23.1 Å². The van der Waals surface area contributed by atoms with E-state index in [4.69, 9.17) is 0 Å². The van der Waals surface area contributed by atoms with Gasteiger partial charge in [0.25, 0.3) is 0 Å². The van der Waals surface area contributed by atoms with E-state index in [9.17, 15) is 0 Å². The average molecular weight is 282 g/mol. The molecule has 3 rings (SSSR count). The second-order valence-electron chi connectivity index (χ2n) is 5.63. The van der Waals surface area contributed by atoms with Crippen molar-refractivity contribution in [2.24, 2.45) is 0 Å². The van der Waals surface area contributed by atoms with Gasteiger partial charge in [0.05, 0.1) is 0 Å². The van der Waals surface area contributed by atoms with Crippen LogP contribution in [0.1, 0.15) is 30.4 Å². The number of nitrogens with zero attached hydrogens (tertiary/aromatic N) is 3. The first-order valence-electron chi connectivity index (χ1n) is 7.69. The number of anilines is 2. The molecule has 0 atom stereocenters. The Hall–Kier alpha value is -2.10. The Morgan fingerprint density at radius 1 is 1.05 bits per heavy atom. The van der Waals surface area contributed by atoms with Gasteiger partial charge >= 0.3 is 0 Å². The van der Waals surface area contributed by atoms with Gasteiger partial charge in [0.1, 0.15) is 5.82 Å². The lowest BCUT2D eigenvalue weighted by atomic mass is 10.1. The Bertz CT molecular complexity index is 574. The third-order valence-corrected chi connectivity index (χ3v) is 3.88. The normalized spacial score (nSPS) is 15.0. The maximum atomic E-state index is 4.63. The summed E-state index contributed by atoms with van der Waals surface area (Å²) in [6, 6.07) is 10.5. The number of benzene rings is 1. The molecule has 1 N–H and O–H groups in total. The molecule has 0 spiro atoms. The highest BCUT2D eigenvalue weighted by molar-refractivity contribution is 5.42. The van der Waals surface area contributed by atoms with Gasteiger partial charge in [-0.2, -0.15) is 4.98 Å². The van der Waals surface area contributed by atoms with Crippen LogP contribution in [0.2, 0.25) is 0 Å². The van der Waals surface area contributed by atoms with Gasteiger partial charge in [0.15, 0.2) is 0 Å². The summed E-state index contributed by atoms with van der Waals surface area (Å²) in [5, 5.41) is 3.38. The molecule has 1 fully saturated rings. The maximum absolute atomic E-state index is 4.63. The first kappa shape index (κ1) is 13.9. The Labute approximate surface area is 126 Å². The fourth-order valence-electron chi connectivity index (χ4n) is 2.59. The molecule has 0 bridgehead atoms. The minimum absolute atomic E-state index is 0.788. The number of hydrogen-bond donors (Lipinski definition) is 1. The third-order valence-electron chi connectivity index (χ3n) is 3.88. The molecule has 2 aromatic rings. The van der Waals surface area contributed by atoms with Crippen molar-refractivity contribution in [3.8, 4) is 0 Å². The van der Waals surface area contributed by atoms with E-state index in [1.807, 2.05) is 12.3 Å². The number of piperidine rings is 1. The molecule has 1 aromatic carbocycles. The number of nitrogens with one attached hydrogen (secondary N) is 1. The zero-order chi connectivity index (χ0) is 14.5. The molecule has 1 aromatic heterocycles. The van der Waals surface area contributed by atoms with Crippen LogP contribution in [0, 0.1) is 6.92 Å². The molecule has 0 saturated carbocycles. The van der Waals surface area contributed by atoms with Crippen molar-refractivity contribution >= 4 is 11.8 Å². The predicted octanol–water partition coefficient (Wildman–Crippen LogP) is 3.39. The molecule has 4 nitrogen and oxygen atoms in total. The lowest BCUT2D eigenvalue weighted by molar-refractivity contribution is 0.568. The highest BCUT2D eigenvalue weighted by Crippen LogP contribution is 2.17. The summed E-state index contributed by atoms with van der Waals surface area (Å²) in [5.74, 6) is 1.75. The van der Waals surface area contributed by atoms with E-state index < -0.39 is 0 Å². The van der Waals surface area contributed by atoms with Crippen LogP contribution in [0.15, 0.2) is 36.5 Å². The van der Waals surface area contributed by atoms with Crippen molar-refractivity contribution in [1.82, 2.24) is 9.97 Å². The van der Waals surface area contributed by atoms with Crippen LogP contribution in [-0.2, 0) is 6.54 Å². The molecule has 1 aliphatic heterocycles. The largest absolute Gasteiger partial charge is 0.366 e. The van der Waals surface area contributed by atoms with Crippen LogP contribution in [0.5, 0.6) is 0 Å². The highest BCUT2D eigenvalue weighted by atomic mass is 15.3. The second kappa shape index (κ2) is 6.57. The molecular formula is C17H22N4. The molecule has 4 heteroatoms. The van der Waals surface area contributed by atoms with Crippen molar-refractivity contribution in [1.29, 1.82) is 0 Å². The summed E-state index contributed by atoms with van der Waals surface area (Å²) >= 11 is 0. The van der Waals surface area contributed by atoms with Crippen molar-refractivity contribution in [2.45, 2.75) is 32.7 Å². The first-order chi connectivity index (χ1) is 10.3. The van der Waals surface area contributed by atoms with Crippen LogP contribution in [0.3, 0.4) is 0 Å². The van der Waals surface area contributed by atoms with Gasteiger partial charge in [-0.05, 0) is 37.8 Å². The fourth-order valence-corrected chi connectivity index (χ4v) is 2.59. The van der Waals surface area contributed by atoms with E-state index in [1.165, 1.54) is 30.4 Å². The minimum Gasteiger partial charge on any atom is -0.366 e. The van der Waals surface area contributed by atoms with E-state index in [0.717, 1.165) is 31.4 Å². The van der Waals surface area contributed by atoms with Crippen molar-refractivity contribution in [3.05, 3.63) is 47.7 Å². The SMILES string of the molecule is Cc1ccc(CNc2ccnc(N3CCCCC3)n2)cc1. The quantitative estimate of drug-likeness (QED) is 0.933. The third kappa shape index (κ3) is 3.72. The summed E-state index contributed by atoms with van der Waals surface area (Å²) in [7, 11) is 0. The molecule has 1 saturated heterocycles. The fraction of sp³-hybridized carbons (Fsp3) is 0.412. The van der Waals surface area contributed by atoms with Gasteiger partial charge in [-0.1, -0.05) is 29.8 Å². The van der Waals surface area contributed by atoms with Crippen LogP contribution < -0.4 is 10.2 Å². The van der Waals surface area contributed by atoms with Crippen molar-refractivity contribution in [3.63, 3.8) is 0 Å². The van der Waals surface area contributed by atoms with Gasteiger partial charge < -0.3 is 10.2 Å². The number of hydrogen-bond acceptors (Lipinski definition) is 4. The van der Waals surface area contributed by atoms with Crippen LogP contribution in [0.25, 0.3) is 0 Å². The summed E-state index contributed by atoms with van der Waals surface area (Å²) in [6.07, 6.45) is 5.64. The van der Waals surface area contributed by atoms with Gasteiger partial charge in [-0.25, -0.2) is 4.98 Å². The van der Waals surface area contributed by atoms with E-state index in [0.29, 0.717) is 0 Å². The molecule has 110 valence electrons. The van der Waals surface area contributed by atoms with Gasteiger partial charge in [0.2, 0.25) is 5.95 Å². The summed E-state index contributed by atoms with van der Waals surface area (Å²) in [6.45, 7) is 5.03. The van der Waals surface area contributed by atoms with Crippen molar-refractivity contribution < 1.29 is 0 Å². The maximum Gasteiger partial charge on any atom is 0.227 e. The summed E-state index contributed by atoms with van der Waals surface area (Å²) < 4.78 is 0. The van der Waals surface area contributed by atoms with Gasteiger partial charge in [0, 0.05) is 25.8 Å². The lowest BCUT2D eigenvalue weighted by Crippen LogP contribution is -2.31. The Kier molecular flexibility index (Phi) is 4.34. The molecule has 1 aliphatic rings. The first-order valence-corrected chi connectivity index (χ1v) is 7.69. The molecule has 0 unspecified atom stereocenters. The number of rotatable bonds is 4. The van der Waals surface area contributed by atoms with Gasteiger partial charge in [-0.3, -0.25) is 0 Å². The summed E-state index contributed by atoms with van der Waals surface area (Å²) in [5.41, 5.74) is 2.55. The molecule has 0 radical (unpaired) electrons. The Balaban J connectivity index is 1.64. The lowest BCUT2D eigenvalue weighted by Gasteiger charge is -2.26. The van der Waals surface area contributed by atoms with Crippen LogP contribution >= 0.6 is 0 Å². The van der Waals surface area contributed by atoms with E-state index in [-0.39, 0.29) is 0 Å². The smallest absolute Gasteiger partial charge is 0.227 e. The molecule has 2 heterocycles. The van der Waals surface area contributed by atoms with Crippen LogP contribution in [0.4, 0.5) is 11.8 Å². The predicted molar refractivity (Wildman–Crippen MR) is 86.6 cm³/mol. The number of aryl methyl sites for hydroxylation is 1. The monoisotopic (exact) mass is 282 g/mol. The van der Waals surface area contributed by atoms with E-state index in [1.54, 1.807) is 0 Å². The zero-order valence-electron chi connectivity index (χ0n) is 12.5. The molecule has 0 amide bonds. The van der Waals surface area contributed by atoms with E-state index in [2.05, 4.69) is 51.4 Å². The standard InChI is InChI=1S/C17H22N4/c1-14-5-7-15(8-6-14)13-19-16-9-10-18-17(20-16)21-11-3-2-4-12-21/h5-10H,2-4,11-13H2,1H3,(H,18,19,20). The van der Waals surface area contributed by atoms with Gasteiger partial charge in [-0.15, -0.1) is 0 Å². The molecule has 21 heavy (non-hydrogen) atoms. The van der Waals surface area contributed by atoms with Crippen molar-refractivity contribution in [2.75, 3.05) is 23.3 Å². The highest BCUT2D eigenvalue weighted by Gasteiger charge is 2.13. The Morgan fingerprint density at radius 2 is 1.81 bits per heavy atom. The average Bonchev–Trinajstić information content (AvgIpc) is 2.55. The topological polar surface area (TPSA) is 41.1 Å². The molecular weight excluding hydrogens is 260 g/mol.